The van der Waals surface area contributed by atoms with Crippen LogP contribution in [0.5, 0.6) is 0 Å². The zero-order valence-corrected chi connectivity index (χ0v) is 19.2. The maximum atomic E-state index is 13.1. The highest BCUT2D eigenvalue weighted by Crippen LogP contribution is 2.62. The van der Waals surface area contributed by atoms with Crippen molar-refractivity contribution < 1.29 is 9.59 Å². The van der Waals surface area contributed by atoms with Crippen LogP contribution in [-0.2, 0) is 9.59 Å². The topological polar surface area (TPSA) is 58.2 Å². The molecule has 2 amide bonds. The molecule has 0 radical (unpaired) electrons. The molecule has 0 aromatic carbocycles. The Hall–Kier alpha value is -1.06. The second-order valence-corrected chi connectivity index (χ2v) is 11.5. The van der Waals surface area contributed by atoms with Gasteiger partial charge in [0.15, 0.2) is 0 Å². The lowest BCUT2D eigenvalue weighted by molar-refractivity contribution is -0.148. The molecule has 160 valence electrons. The van der Waals surface area contributed by atoms with Crippen LogP contribution in [0.3, 0.4) is 0 Å². The molecule has 28 heavy (non-hydrogen) atoms. The summed E-state index contributed by atoms with van der Waals surface area (Å²) < 4.78 is 0. The van der Waals surface area contributed by atoms with E-state index in [2.05, 4.69) is 59.1 Å². The Bertz CT molecular complexity index is 625. The predicted molar refractivity (Wildman–Crippen MR) is 114 cm³/mol. The van der Waals surface area contributed by atoms with Gasteiger partial charge in [0, 0.05) is 23.9 Å². The number of rotatable bonds is 3. The van der Waals surface area contributed by atoms with E-state index in [-0.39, 0.29) is 34.1 Å². The van der Waals surface area contributed by atoms with E-state index in [9.17, 15) is 9.59 Å². The monoisotopic (exact) mass is 390 g/mol. The van der Waals surface area contributed by atoms with Crippen LogP contribution in [0.1, 0.15) is 93.4 Å². The van der Waals surface area contributed by atoms with Crippen LogP contribution in [0.25, 0.3) is 0 Å². The lowest BCUT2D eigenvalue weighted by Gasteiger charge is -2.61. The van der Waals surface area contributed by atoms with Gasteiger partial charge in [-0.1, -0.05) is 34.1 Å². The number of carbonyl (C=O) groups is 2. The van der Waals surface area contributed by atoms with Gasteiger partial charge < -0.3 is 10.6 Å². The number of amides is 2. The largest absolute Gasteiger partial charge is 0.353 e. The van der Waals surface area contributed by atoms with Gasteiger partial charge in [0.05, 0.1) is 0 Å². The molecule has 2 aliphatic carbocycles. The smallest absolute Gasteiger partial charge is 0.223 e. The van der Waals surface area contributed by atoms with Crippen LogP contribution in [0, 0.1) is 34.5 Å². The molecule has 0 bridgehead atoms. The van der Waals surface area contributed by atoms with Crippen molar-refractivity contribution in [2.24, 2.45) is 34.5 Å². The minimum Gasteiger partial charge on any atom is -0.353 e. The van der Waals surface area contributed by atoms with E-state index in [0.717, 1.165) is 25.7 Å². The summed E-state index contributed by atoms with van der Waals surface area (Å²) in [6, 6.07) is 0.346. The fourth-order valence-corrected chi connectivity index (χ4v) is 7.13. The van der Waals surface area contributed by atoms with E-state index in [0.29, 0.717) is 30.2 Å². The molecule has 4 heteroatoms. The molecule has 3 rings (SSSR count). The summed E-state index contributed by atoms with van der Waals surface area (Å²) in [5, 5.41) is 6.54. The van der Waals surface area contributed by atoms with Gasteiger partial charge in [-0.05, 0) is 81.5 Å². The van der Waals surface area contributed by atoms with Crippen molar-refractivity contribution in [2.45, 2.75) is 105 Å². The zero-order chi connectivity index (χ0) is 20.9. The summed E-state index contributed by atoms with van der Waals surface area (Å²) in [4.78, 5) is 25.0. The van der Waals surface area contributed by atoms with E-state index >= 15 is 0 Å². The molecule has 7 atom stereocenters. The minimum absolute atomic E-state index is 0.0224. The molecule has 1 heterocycles. The van der Waals surface area contributed by atoms with Crippen LogP contribution in [-0.4, -0.2) is 23.4 Å². The Morgan fingerprint density at radius 1 is 1.21 bits per heavy atom. The highest BCUT2D eigenvalue weighted by Gasteiger charge is 2.58. The van der Waals surface area contributed by atoms with Crippen molar-refractivity contribution in [3.8, 4) is 0 Å². The number of fused-ring (bicyclic) bond motifs is 3. The van der Waals surface area contributed by atoms with Gasteiger partial charge >= 0.3 is 0 Å². The normalized spacial score (nSPS) is 42.0. The van der Waals surface area contributed by atoms with E-state index < -0.39 is 0 Å². The second-order valence-electron chi connectivity index (χ2n) is 11.5. The van der Waals surface area contributed by atoms with Gasteiger partial charge in [-0.2, -0.15) is 0 Å². The quantitative estimate of drug-likeness (QED) is 0.735. The summed E-state index contributed by atoms with van der Waals surface area (Å²) in [6.45, 7) is 15.5. The Morgan fingerprint density at radius 3 is 2.50 bits per heavy atom. The summed E-state index contributed by atoms with van der Waals surface area (Å²) in [7, 11) is 0. The summed E-state index contributed by atoms with van der Waals surface area (Å²) in [5.74, 6) is 2.38. The van der Waals surface area contributed by atoms with Crippen molar-refractivity contribution in [3.63, 3.8) is 0 Å². The third kappa shape index (κ3) is 3.61. The van der Waals surface area contributed by atoms with Crippen LogP contribution < -0.4 is 10.6 Å². The van der Waals surface area contributed by atoms with Gasteiger partial charge in [-0.15, -0.1) is 0 Å². The molecule has 2 saturated carbocycles. The summed E-state index contributed by atoms with van der Waals surface area (Å²) >= 11 is 0. The molecule has 7 unspecified atom stereocenters. The van der Waals surface area contributed by atoms with E-state index in [1.165, 1.54) is 12.8 Å². The standard InChI is InChI=1S/C24H42N2O2/c1-8-17-16-9-10-19-24(7,14-12-20(27)25-19)18(16)11-13-23(17,6)15(2)21(28)26-22(3,4)5/h15-19H,8-14H2,1-7H3,(H,25,27)(H,26,28). The molecule has 2 N–H and O–H groups in total. The number of nitrogens with one attached hydrogen (secondary N) is 2. The number of carbonyl (C=O) groups excluding carboxylic acids is 2. The van der Waals surface area contributed by atoms with E-state index in [1.54, 1.807) is 0 Å². The fourth-order valence-electron chi connectivity index (χ4n) is 7.13. The molecule has 1 saturated heterocycles. The van der Waals surface area contributed by atoms with Crippen LogP contribution in [0.4, 0.5) is 0 Å². The second kappa shape index (κ2) is 7.32. The number of hydrogen-bond acceptors (Lipinski definition) is 2. The molecular weight excluding hydrogens is 348 g/mol. The minimum atomic E-state index is -0.188. The Labute approximate surface area is 172 Å². The average molecular weight is 391 g/mol. The number of piperidine rings is 1. The highest BCUT2D eigenvalue weighted by molar-refractivity contribution is 5.80. The van der Waals surface area contributed by atoms with Crippen molar-refractivity contribution in [2.75, 3.05) is 0 Å². The first-order valence-corrected chi connectivity index (χ1v) is 11.5. The maximum Gasteiger partial charge on any atom is 0.223 e. The first-order chi connectivity index (χ1) is 12.9. The Morgan fingerprint density at radius 2 is 1.89 bits per heavy atom. The predicted octanol–water partition coefficient (Wildman–Crippen LogP) is 4.67. The molecule has 1 aliphatic heterocycles. The lowest BCUT2D eigenvalue weighted by atomic mass is 9.45. The first-order valence-electron chi connectivity index (χ1n) is 11.5. The third-order valence-corrected chi connectivity index (χ3v) is 8.85. The Kier molecular flexibility index (Phi) is 5.66. The average Bonchev–Trinajstić information content (AvgIpc) is 2.60. The SMILES string of the molecule is CCC1C2CCC3NC(=O)CCC3(C)C2CCC1(C)C(C)C(=O)NC(C)(C)C. The van der Waals surface area contributed by atoms with E-state index in [4.69, 9.17) is 0 Å². The van der Waals surface area contributed by atoms with Gasteiger partial charge in [-0.3, -0.25) is 9.59 Å². The zero-order valence-electron chi connectivity index (χ0n) is 19.2. The molecule has 0 aromatic rings. The van der Waals surface area contributed by atoms with Crippen LogP contribution in [0.15, 0.2) is 0 Å². The maximum absolute atomic E-state index is 13.1. The summed E-state index contributed by atoms with van der Waals surface area (Å²) in [5.41, 5.74) is 0.0846. The van der Waals surface area contributed by atoms with Gasteiger partial charge in [0.2, 0.25) is 11.8 Å². The van der Waals surface area contributed by atoms with Crippen molar-refractivity contribution in [1.82, 2.24) is 10.6 Å². The van der Waals surface area contributed by atoms with Crippen molar-refractivity contribution >= 4 is 11.8 Å². The van der Waals surface area contributed by atoms with Gasteiger partial charge in [0.1, 0.15) is 0 Å². The van der Waals surface area contributed by atoms with Crippen LogP contribution >= 0.6 is 0 Å². The van der Waals surface area contributed by atoms with Gasteiger partial charge in [0.25, 0.3) is 0 Å². The van der Waals surface area contributed by atoms with Gasteiger partial charge in [-0.25, -0.2) is 0 Å². The highest BCUT2D eigenvalue weighted by atomic mass is 16.2. The first kappa shape index (κ1) is 21.6. The van der Waals surface area contributed by atoms with Crippen molar-refractivity contribution in [1.29, 1.82) is 0 Å². The van der Waals surface area contributed by atoms with Crippen LogP contribution in [0.2, 0.25) is 0 Å². The molecule has 0 spiro atoms. The lowest BCUT2D eigenvalue weighted by Crippen LogP contribution is -2.62. The van der Waals surface area contributed by atoms with Crippen molar-refractivity contribution in [3.05, 3.63) is 0 Å². The third-order valence-electron chi connectivity index (χ3n) is 8.85. The van der Waals surface area contributed by atoms with E-state index in [1.807, 2.05) is 0 Å². The number of hydrogen-bond donors (Lipinski definition) is 2. The molecule has 3 fully saturated rings. The fraction of sp³-hybridized carbons (Fsp3) is 0.917. The Balaban J connectivity index is 1.84. The molecule has 0 aromatic heterocycles. The molecule has 4 nitrogen and oxygen atoms in total. The molecule has 3 aliphatic rings. The summed E-state index contributed by atoms with van der Waals surface area (Å²) in [6.07, 6.45) is 7.42. The molecular formula is C24H42N2O2.